The molecule has 5 nitrogen and oxygen atoms in total. The van der Waals surface area contributed by atoms with Gasteiger partial charge in [-0.3, -0.25) is 14.7 Å². The Morgan fingerprint density at radius 3 is 2.72 bits per heavy atom. The fourth-order valence-electron chi connectivity index (χ4n) is 2.98. The van der Waals surface area contributed by atoms with Crippen molar-refractivity contribution in [3.63, 3.8) is 0 Å². The molecule has 0 N–H and O–H groups in total. The van der Waals surface area contributed by atoms with Crippen molar-refractivity contribution in [3.05, 3.63) is 0 Å². The van der Waals surface area contributed by atoms with Crippen LogP contribution >= 0.6 is 0 Å². The summed E-state index contributed by atoms with van der Waals surface area (Å²) in [5.41, 5.74) is 0. The largest absolute Gasteiger partial charge is 0.369 e. The molecule has 1 unspecified atom stereocenters. The van der Waals surface area contributed by atoms with Crippen molar-refractivity contribution >= 4 is 0 Å². The smallest absolute Gasteiger partial charge is 0.0984 e. The van der Waals surface area contributed by atoms with Gasteiger partial charge in [-0.15, -0.1) is 0 Å². The molecule has 2 aliphatic heterocycles. The molecular formula is C13H28N4O. The van der Waals surface area contributed by atoms with Gasteiger partial charge in [-0.2, -0.15) is 0 Å². The molecular weight excluding hydrogens is 228 g/mol. The van der Waals surface area contributed by atoms with Crippen LogP contribution in [-0.2, 0) is 4.74 Å². The van der Waals surface area contributed by atoms with E-state index in [4.69, 9.17) is 4.74 Å². The summed E-state index contributed by atoms with van der Waals surface area (Å²) >= 11 is 0. The van der Waals surface area contributed by atoms with Gasteiger partial charge in [0.25, 0.3) is 0 Å². The minimum atomic E-state index is 0.728. The number of hydrogen-bond acceptors (Lipinski definition) is 5. The molecule has 0 aromatic carbocycles. The third-order valence-corrected chi connectivity index (χ3v) is 4.13. The molecule has 0 aromatic rings. The summed E-state index contributed by atoms with van der Waals surface area (Å²) in [5.74, 6) is 0. The van der Waals surface area contributed by atoms with Crippen LogP contribution in [0.2, 0.25) is 0 Å². The van der Waals surface area contributed by atoms with Crippen molar-refractivity contribution in [2.45, 2.75) is 6.04 Å². The predicted molar refractivity (Wildman–Crippen MR) is 73.8 cm³/mol. The van der Waals surface area contributed by atoms with Crippen molar-refractivity contribution in [3.8, 4) is 0 Å². The summed E-state index contributed by atoms with van der Waals surface area (Å²) in [6.07, 6.45) is 0. The first kappa shape index (κ1) is 14.2. The third kappa shape index (κ3) is 3.90. The minimum Gasteiger partial charge on any atom is -0.369 e. The quantitative estimate of drug-likeness (QED) is 0.614. The van der Waals surface area contributed by atoms with E-state index in [-0.39, 0.29) is 0 Å². The number of nitrogens with zero attached hydrogens (tertiary/aromatic N) is 4. The number of ether oxygens (including phenoxy) is 1. The number of hydrogen-bond donors (Lipinski definition) is 0. The molecule has 0 radical (unpaired) electrons. The normalized spacial score (nSPS) is 27.7. The number of methoxy groups -OCH3 is 1. The Bertz CT molecular complexity index is 251. The van der Waals surface area contributed by atoms with Gasteiger partial charge < -0.3 is 9.64 Å². The second-order valence-electron chi connectivity index (χ2n) is 5.75. The standard InChI is InChI=1S/C13H28N4O/c1-14-5-8-17-9-7-16(11-13(17)10-14)6-4-15(2)12-18-3/h13H,4-12H2,1-3H3. The molecule has 0 saturated carbocycles. The van der Waals surface area contributed by atoms with Gasteiger partial charge in [0.2, 0.25) is 0 Å². The number of piperazine rings is 2. The Balaban J connectivity index is 1.72. The SMILES string of the molecule is COCN(C)CCN1CCN2CCN(C)CC2C1. The Labute approximate surface area is 111 Å². The fourth-order valence-corrected chi connectivity index (χ4v) is 2.98. The van der Waals surface area contributed by atoms with Gasteiger partial charge in [0, 0.05) is 65.5 Å². The van der Waals surface area contributed by atoms with Crippen molar-refractivity contribution in [2.75, 3.05) is 80.3 Å². The van der Waals surface area contributed by atoms with Crippen LogP contribution in [0.5, 0.6) is 0 Å². The van der Waals surface area contributed by atoms with E-state index in [0.29, 0.717) is 0 Å². The van der Waals surface area contributed by atoms with E-state index in [1.807, 2.05) is 0 Å². The predicted octanol–water partition coefficient (Wildman–Crippen LogP) is -0.546. The zero-order chi connectivity index (χ0) is 13.0. The van der Waals surface area contributed by atoms with E-state index in [1.54, 1.807) is 7.11 Å². The molecule has 1 atom stereocenters. The highest BCUT2D eigenvalue weighted by Gasteiger charge is 2.30. The molecule has 106 valence electrons. The average Bonchev–Trinajstić information content (AvgIpc) is 2.36. The summed E-state index contributed by atoms with van der Waals surface area (Å²) in [5, 5.41) is 0. The van der Waals surface area contributed by atoms with Crippen LogP contribution in [0.3, 0.4) is 0 Å². The Morgan fingerprint density at radius 1 is 1.17 bits per heavy atom. The van der Waals surface area contributed by atoms with Crippen LogP contribution in [0.15, 0.2) is 0 Å². The molecule has 0 bridgehead atoms. The highest BCUT2D eigenvalue weighted by molar-refractivity contribution is 4.87. The third-order valence-electron chi connectivity index (χ3n) is 4.13. The van der Waals surface area contributed by atoms with Gasteiger partial charge >= 0.3 is 0 Å². The highest BCUT2D eigenvalue weighted by Crippen LogP contribution is 2.14. The van der Waals surface area contributed by atoms with Gasteiger partial charge in [0.05, 0.1) is 6.73 Å². The van der Waals surface area contributed by atoms with Gasteiger partial charge in [0.15, 0.2) is 0 Å². The van der Waals surface area contributed by atoms with E-state index >= 15 is 0 Å². The molecule has 2 saturated heterocycles. The van der Waals surface area contributed by atoms with E-state index in [2.05, 4.69) is 33.7 Å². The fraction of sp³-hybridized carbons (Fsp3) is 1.00. The lowest BCUT2D eigenvalue weighted by Gasteiger charge is -2.46. The maximum atomic E-state index is 5.14. The first-order chi connectivity index (χ1) is 8.69. The molecule has 5 heteroatoms. The molecule has 0 aliphatic carbocycles. The minimum absolute atomic E-state index is 0.728. The monoisotopic (exact) mass is 256 g/mol. The Hall–Kier alpha value is -0.200. The molecule has 2 aliphatic rings. The van der Waals surface area contributed by atoms with Crippen LogP contribution in [-0.4, -0.2) is 106 Å². The van der Waals surface area contributed by atoms with E-state index in [1.165, 1.54) is 39.3 Å². The van der Waals surface area contributed by atoms with Gasteiger partial charge in [-0.05, 0) is 14.1 Å². The Morgan fingerprint density at radius 2 is 1.94 bits per heavy atom. The van der Waals surface area contributed by atoms with Crippen LogP contribution in [0, 0.1) is 0 Å². The summed E-state index contributed by atoms with van der Waals surface area (Å²) < 4.78 is 5.14. The maximum absolute atomic E-state index is 5.14. The summed E-state index contributed by atoms with van der Waals surface area (Å²) in [6, 6.07) is 0.741. The zero-order valence-electron chi connectivity index (χ0n) is 12.1. The van der Waals surface area contributed by atoms with E-state index in [0.717, 1.165) is 25.9 Å². The molecule has 18 heavy (non-hydrogen) atoms. The average molecular weight is 256 g/mol. The van der Waals surface area contributed by atoms with Crippen molar-refractivity contribution in [1.82, 2.24) is 19.6 Å². The first-order valence-corrected chi connectivity index (χ1v) is 7.01. The zero-order valence-corrected chi connectivity index (χ0v) is 12.1. The molecule has 0 spiro atoms. The second kappa shape index (κ2) is 6.82. The molecule has 2 fully saturated rings. The van der Waals surface area contributed by atoms with E-state index in [9.17, 15) is 0 Å². The summed E-state index contributed by atoms with van der Waals surface area (Å²) in [4.78, 5) is 9.96. The van der Waals surface area contributed by atoms with Crippen LogP contribution in [0.4, 0.5) is 0 Å². The van der Waals surface area contributed by atoms with Gasteiger partial charge in [0.1, 0.15) is 0 Å². The van der Waals surface area contributed by atoms with Crippen molar-refractivity contribution in [1.29, 1.82) is 0 Å². The second-order valence-corrected chi connectivity index (χ2v) is 5.75. The molecule has 2 heterocycles. The van der Waals surface area contributed by atoms with Crippen LogP contribution in [0.1, 0.15) is 0 Å². The van der Waals surface area contributed by atoms with Gasteiger partial charge in [-0.1, -0.05) is 0 Å². The Kier molecular flexibility index (Phi) is 5.38. The van der Waals surface area contributed by atoms with Crippen LogP contribution in [0.25, 0.3) is 0 Å². The summed E-state index contributed by atoms with van der Waals surface area (Å²) in [7, 11) is 6.12. The molecule has 0 amide bonds. The molecule has 0 aromatic heterocycles. The number of rotatable bonds is 5. The van der Waals surface area contributed by atoms with Gasteiger partial charge in [-0.25, -0.2) is 0 Å². The lowest BCUT2D eigenvalue weighted by atomic mass is 10.1. The maximum Gasteiger partial charge on any atom is 0.0984 e. The highest BCUT2D eigenvalue weighted by atomic mass is 16.5. The number of likely N-dealkylation sites (N-methyl/N-ethyl adjacent to an activating group) is 2. The van der Waals surface area contributed by atoms with Crippen LogP contribution < -0.4 is 0 Å². The first-order valence-electron chi connectivity index (χ1n) is 7.01. The van der Waals surface area contributed by atoms with Crippen molar-refractivity contribution < 1.29 is 4.74 Å². The topological polar surface area (TPSA) is 22.2 Å². The lowest BCUT2D eigenvalue weighted by Crippen LogP contribution is -2.61. The lowest BCUT2D eigenvalue weighted by molar-refractivity contribution is 0.0124. The van der Waals surface area contributed by atoms with Crippen molar-refractivity contribution in [2.24, 2.45) is 0 Å². The summed E-state index contributed by atoms with van der Waals surface area (Å²) in [6.45, 7) is 10.4. The van der Waals surface area contributed by atoms with E-state index < -0.39 is 0 Å². The number of fused-ring (bicyclic) bond motifs is 1. The molecule has 2 rings (SSSR count).